The van der Waals surface area contributed by atoms with Crippen LogP contribution in [0.5, 0.6) is 0 Å². The molecule has 158 valence electrons. The van der Waals surface area contributed by atoms with Crippen molar-refractivity contribution in [1.82, 2.24) is 9.78 Å². The lowest BCUT2D eigenvalue weighted by Crippen LogP contribution is -2.21. The molecule has 1 heterocycles. The van der Waals surface area contributed by atoms with Crippen LogP contribution in [0.15, 0.2) is 57.3 Å². The number of nitrogens with zero attached hydrogens (tertiary/aromatic N) is 2. The molecule has 0 bridgehead atoms. The number of hydrogen-bond donors (Lipinski definition) is 2. The van der Waals surface area contributed by atoms with Gasteiger partial charge in [-0.05, 0) is 61.6 Å². The van der Waals surface area contributed by atoms with Crippen LogP contribution in [0.3, 0.4) is 0 Å². The molecule has 3 aromatic rings. The molecule has 0 spiro atoms. The van der Waals surface area contributed by atoms with Crippen molar-refractivity contribution in [3.8, 4) is 0 Å². The molecular formula is C20H21ClN4O3S2. The number of thioether (sulfide) groups is 1. The smallest absolute Gasteiger partial charge is 0.246 e. The molecule has 30 heavy (non-hydrogen) atoms. The zero-order chi connectivity index (χ0) is 22.1. The third kappa shape index (κ3) is 4.33. The quantitative estimate of drug-likeness (QED) is 0.535. The predicted molar refractivity (Wildman–Crippen MR) is 120 cm³/mol. The fourth-order valence-electron chi connectivity index (χ4n) is 2.89. The van der Waals surface area contributed by atoms with Crippen LogP contribution in [0.4, 0.5) is 11.5 Å². The number of benzene rings is 2. The van der Waals surface area contributed by atoms with E-state index in [9.17, 15) is 13.2 Å². The highest BCUT2D eigenvalue weighted by Crippen LogP contribution is 2.34. The van der Waals surface area contributed by atoms with Gasteiger partial charge in [0.1, 0.15) is 22.3 Å². The van der Waals surface area contributed by atoms with Crippen molar-refractivity contribution in [2.75, 3.05) is 17.3 Å². The number of carbonyl (C=O) groups excluding carboxylic acids is 1. The Hall–Kier alpha value is -2.49. The van der Waals surface area contributed by atoms with Crippen LogP contribution in [0.1, 0.15) is 11.1 Å². The van der Waals surface area contributed by atoms with Crippen molar-refractivity contribution < 1.29 is 13.2 Å². The lowest BCUT2D eigenvalue weighted by atomic mass is 10.1. The lowest BCUT2D eigenvalue weighted by Gasteiger charge is -2.11. The van der Waals surface area contributed by atoms with Gasteiger partial charge in [0.2, 0.25) is 15.7 Å². The first-order chi connectivity index (χ1) is 14.1. The van der Waals surface area contributed by atoms with Crippen LogP contribution in [-0.2, 0) is 21.2 Å². The summed E-state index contributed by atoms with van der Waals surface area (Å²) in [5.41, 5.74) is 8.82. The molecule has 7 nitrogen and oxygen atoms in total. The molecule has 0 radical (unpaired) electrons. The molecule has 0 fully saturated rings. The number of hydrogen-bond acceptors (Lipinski definition) is 6. The highest BCUT2D eigenvalue weighted by atomic mass is 35.5. The van der Waals surface area contributed by atoms with Gasteiger partial charge in [-0.25, -0.2) is 13.1 Å². The second kappa shape index (κ2) is 8.71. The molecule has 0 aliphatic carbocycles. The van der Waals surface area contributed by atoms with Gasteiger partial charge < -0.3 is 11.1 Å². The third-order valence-electron chi connectivity index (χ3n) is 4.67. The molecule has 2 aromatic carbocycles. The van der Waals surface area contributed by atoms with E-state index in [2.05, 4.69) is 10.4 Å². The summed E-state index contributed by atoms with van der Waals surface area (Å²) in [4.78, 5) is 12.5. The van der Waals surface area contributed by atoms with Crippen LogP contribution in [-0.4, -0.2) is 30.4 Å². The monoisotopic (exact) mass is 464 g/mol. The highest BCUT2D eigenvalue weighted by Gasteiger charge is 2.29. The third-order valence-corrected chi connectivity index (χ3v) is 7.56. The molecular weight excluding hydrogens is 444 g/mol. The van der Waals surface area contributed by atoms with E-state index >= 15 is 0 Å². The van der Waals surface area contributed by atoms with E-state index in [1.54, 1.807) is 12.3 Å². The van der Waals surface area contributed by atoms with Crippen molar-refractivity contribution in [2.45, 2.75) is 35.2 Å². The number of sulfone groups is 1. The van der Waals surface area contributed by atoms with Crippen LogP contribution in [0.25, 0.3) is 0 Å². The highest BCUT2D eigenvalue weighted by molar-refractivity contribution is 7.99. The van der Waals surface area contributed by atoms with E-state index in [4.69, 9.17) is 17.3 Å². The number of nitrogen functional groups attached to an aromatic ring is 1. The van der Waals surface area contributed by atoms with Gasteiger partial charge in [-0.2, -0.15) is 5.10 Å². The Labute approximate surface area is 184 Å². The van der Waals surface area contributed by atoms with Crippen molar-refractivity contribution in [2.24, 2.45) is 0 Å². The van der Waals surface area contributed by atoms with E-state index in [1.165, 1.54) is 28.9 Å². The molecule has 0 saturated heterocycles. The molecule has 0 aliphatic rings. The average molecular weight is 465 g/mol. The molecule has 3 N–H and O–H groups in total. The minimum Gasteiger partial charge on any atom is -0.383 e. The Morgan fingerprint density at radius 2 is 1.87 bits per heavy atom. The first kappa shape index (κ1) is 22.2. The summed E-state index contributed by atoms with van der Waals surface area (Å²) in [6, 6.07) is 11.4. The van der Waals surface area contributed by atoms with Gasteiger partial charge in [0.15, 0.2) is 0 Å². The van der Waals surface area contributed by atoms with Crippen molar-refractivity contribution in [3.05, 3.63) is 58.6 Å². The van der Waals surface area contributed by atoms with Gasteiger partial charge >= 0.3 is 0 Å². The Bertz CT molecular complexity index is 1210. The van der Waals surface area contributed by atoms with Crippen molar-refractivity contribution >= 4 is 50.6 Å². The summed E-state index contributed by atoms with van der Waals surface area (Å²) in [7, 11) is -3.93. The van der Waals surface area contributed by atoms with Gasteiger partial charge in [0.05, 0.1) is 4.90 Å². The van der Waals surface area contributed by atoms with E-state index in [0.29, 0.717) is 10.7 Å². The molecule has 0 saturated carbocycles. The standard InChI is InChI=1S/C20H21ClN4O3S2/c1-12-5-4-6-16(13(12)2)23-17(26)11-25-19(22)18(20(24-25)29-3)30(27,28)15-9-7-14(21)8-10-15/h4-10H,11,22H2,1-3H3,(H,23,26). The maximum atomic E-state index is 13.1. The van der Waals surface area contributed by atoms with E-state index in [0.717, 1.165) is 22.9 Å². The Morgan fingerprint density at radius 3 is 2.50 bits per heavy atom. The topological polar surface area (TPSA) is 107 Å². The number of aromatic nitrogens is 2. The van der Waals surface area contributed by atoms with Crippen LogP contribution in [0.2, 0.25) is 5.02 Å². The lowest BCUT2D eigenvalue weighted by molar-refractivity contribution is -0.116. The van der Waals surface area contributed by atoms with Crippen LogP contribution in [0, 0.1) is 13.8 Å². The maximum Gasteiger partial charge on any atom is 0.246 e. The van der Waals surface area contributed by atoms with Gasteiger partial charge in [0.25, 0.3) is 0 Å². The Morgan fingerprint density at radius 1 is 1.20 bits per heavy atom. The summed E-state index contributed by atoms with van der Waals surface area (Å²) in [5, 5.41) is 7.72. The molecule has 0 aliphatic heterocycles. The molecule has 10 heteroatoms. The summed E-state index contributed by atoms with van der Waals surface area (Å²) < 4.78 is 27.5. The zero-order valence-electron chi connectivity index (χ0n) is 16.6. The molecule has 3 rings (SSSR count). The fraction of sp³-hybridized carbons (Fsp3) is 0.200. The number of nitrogens with two attached hydrogens (primary N) is 1. The van der Waals surface area contributed by atoms with Gasteiger partial charge in [-0.1, -0.05) is 23.7 Å². The second-order valence-electron chi connectivity index (χ2n) is 6.63. The zero-order valence-corrected chi connectivity index (χ0v) is 19.0. The largest absolute Gasteiger partial charge is 0.383 e. The number of anilines is 2. The number of amides is 1. The molecule has 1 amide bonds. The molecule has 1 aromatic heterocycles. The minimum absolute atomic E-state index is 0.0493. The fourth-order valence-corrected chi connectivity index (χ4v) is 5.44. The van der Waals surface area contributed by atoms with Crippen molar-refractivity contribution in [3.63, 3.8) is 0 Å². The maximum absolute atomic E-state index is 13.1. The SMILES string of the molecule is CSc1nn(CC(=O)Nc2cccc(C)c2C)c(N)c1S(=O)(=O)c1ccc(Cl)cc1. The van der Waals surface area contributed by atoms with Gasteiger partial charge in [-0.3, -0.25) is 4.79 Å². The van der Waals surface area contributed by atoms with Crippen LogP contribution >= 0.6 is 23.4 Å². The number of rotatable bonds is 6. The Balaban J connectivity index is 1.93. The summed E-state index contributed by atoms with van der Waals surface area (Å²) >= 11 is 7.00. The number of carbonyl (C=O) groups is 1. The van der Waals surface area contributed by atoms with Gasteiger partial charge in [0, 0.05) is 10.7 Å². The van der Waals surface area contributed by atoms with E-state index < -0.39 is 9.84 Å². The summed E-state index contributed by atoms with van der Waals surface area (Å²) in [6.07, 6.45) is 1.70. The van der Waals surface area contributed by atoms with Crippen LogP contribution < -0.4 is 11.1 Å². The normalized spacial score (nSPS) is 11.5. The van der Waals surface area contributed by atoms with Gasteiger partial charge in [-0.15, -0.1) is 11.8 Å². The number of halogens is 1. The first-order valence-corrected chi connectivity index (χ1v) is 12.0. The van der Waals surface area contributed by atoms with Crippen molar-refractivity contribution in [1.29, 1.82) is 0 Å². The predicted octanol–water partition coefficient (Wildman–Crippen LogP) is 3.93. The number of aryl methyl sites for hydroxylation is 1. The first-order valence-electron chi connectivity index (χ1n) is 8.92. The minimum atomic E-state index is -3.93. The summed E-state index contributed by atoms with van der Waals surface area (Å²) in [5.74, 6) is -0.452. The Kier molecular flexibility index (Phi) is 6.44. The van der Waals surface area contributed by atoms with E-state index in [1.807, 2.05) is 26.0 Å². The molecule has 0 atom stereocenters. The summed E-state index contributed by atoms with van der Waals surface area (Å²) in [6.45, 7) is 3.65. The number of nitrogens with one attached hydrogen (secondary N) is 1. The average Bonchev–Trinajstić information content (AvgIpc) is 3.02. The molecule has 0 unspecified atom stereocenters. The van der Waals surface area contributed by atoms with E-state index in [-0.39, 0.29) is 33.1 Å². The second-order valence-corrected chi connectivity index (χ2v) is 9.75.